The highest BCUT2D eigenvalue weighted by molar-refractivity contribution is 5.78. The predicted molar refractivity (Wildman–Crippen MR) is 128 cm³/mol. The number of fused-ring (bicyclic) bond motifs is 2. The second-order valence-corrected chi connectivity index (χ2v) is 9.32. The number of carbonyl (C=O) groups is 1. The number of likely N-dealkylation sites (tertiary alicyclic amines) is 1. The second kappa shape index (κ2) is 9.34. The summed E-state index contributed by atoms with van der Waals surface area (Å²) in [6.45, 7) is 3.72. The van der Waals surface area contributed by atoms with E-state index < -0.39 is 0 Å². The van der Waals surface area contributed by atoms with E-state index in [4.69, 9.17) is 9.72 Å². The number of amides is 1. The molecule has 1 aliphatic carbocycles. The number of rotatable bonds is 4. The lowest BCUT2D eigenvalue weighted by atomic mass is 9.76. The van der Waals surface area contributed by atoms with Crippen molar-refractivity contribution in [2.75, 3.05) is 20.2 Å². The summed E-state index contributed by atoms with van der Waals surface area (Å²) in [5, 5.41) is 0. The van der Waals surface area contributed by atoms with Crippen molar-refractivity contribution in [1.29, 1.82) is 0 Å². The normalized spacial score (nSPS) is 18.2. The third-order valence-electron chi connectivity index (χ3n) is 7.26. The van der Waals surface area contributed by atoms with Gasteiger partial charge in [-0.1, -0.05) is 12.1 Å². The minimum Gasteiger partial charge on any atom is -0.496 e. The van der Waals surface area contributed by atoms with Crippen LogP contribution in [0.4, 0.5) is 0 Å². The molecule has 2 aromatic heterocycles. The summed E-state index contributed by atoms with van der Waals surface area (Å²) < 4.78 is 5.91. The molecule has 3 heterocycles. The number of benzene rings is 1. The molecule has 0 saturated carbocycles. The van der Waals surface area contributed by atoms with Gasteiger partial charge in [0.2, 0.25) is 5.91 Å². The molecule has 0 bridgehead atoms. The molecule has 33 heavy (non-hydrogen) atoms. The van der Waals surface area contributed by atoms with Gasteiger partial charge < -0.3 is 9.64 Å². The highest BCUT2D eigenvalue weighted by Gasteiger charge is 2.36. The smallest absolute Gasteiger partial charge is 0.226 e. The highest BCUT2D eigenvalue weighted by Crippen LogP contribution is 2.46. The molecule has 1 aromatic carbocycles. The number of hydrogen-bond acceptors (Lipinski definition) is 4. The van der Waals surface area contributed by atoms with Gasteiger partial charge in [0.1, 0.15) is 5.75 Å². The van der Waals surface area contributed by atoms with Crippen LogP contribution in [-0.4, -0.2) is 41.0 Å². The van der Waals surface area contributed by atoms with E-state index in [-0.39, 0.29) is 11.8 Å². The van der Waals surface area contributed by atoms with Gasteiger partial charge >= 0.3 is 0 Å². The number of nitrogens with zero attached hydrogens (tertiary/aromatic N) is 3. The van der Waals surface area contributed by atoms with Crippen molar-refractivity contribution in [2.24, 2.45) is 5.92 Å². The summed E-state index contributed by atoms with van der Waals surface area (Å²) in [4.78, 5) is 23.9. The maximum absolute atomic E-state index is 12.9. The lowest BCUT2D eigenvalue weighted by Crippen LogP contribution is -2.40. The molecule has 0 radical (unpaired) electrons. The highest BCUT2D eigenvalue weighted by atomic mass is 16.5. The van der Waals surface area contributed by atoms with E-state index in [2.05, 4.69) is 36.2 Å². The van der Waals surface area contributed by atoms with Crippen molar-refractivity contribution in [1.82, 2.24) is 14.9 Å². The number of methoxy groups -OCH3 is 1. The van der Waals surface area contributed by atoms with E-state index >= 15 is 0 Å². The quantitative estimate of drug-likeness (QED) is 0.598. The standard InChI is InChI=1S/C28H31N3O2/c1-19-16-23-6-5-22-4-3-11-30-28(22)27(26(23)24(17-19)33-2)21-9-14-31(15-10-21)25(32)18-20-7-12-29-13-8-20/h3-4,7-8,11-13,16-17,21,27H,5-6,9-10,14-15,18H2,1-2H3. The van der Waals surface area contributed by atoms with Crippen LogP contribution in [0.25, 0.3) is 0 Å². The van der Waals surface area contributed by atoms with Gasteiger partial charge in [0.05, 0.1) is 19.2 Å². The average Bonchev–Trinajstić information content (AvgIpc) is 3.01. The van der Waals surface area contributed by atoms with Crippen molar-refractivity contribution >= 4 is 5.91 Å². The molecule has 1 unspecified atom stereocenters. The largest absolute Gasteiger partial charge is 0.496 e. The Labute approximate surface area is 195 Å². The topological polar surface area (TPSA) is 55.3 Å². The third kappa shape index (κ3) is 4.37. The second-order valence-electron chi connectivity index (χ2n) is 9.32. The van der Waals surface area contributed by atoms with Gasteiger partial charge in [-0.05, 0) is 85.0 Å². The molecule has 2 aliphatic rings. The van der Waals surface area contributed by atoms with Crippen LogP contribution in [-0.2, 0) is 24.1 Å². The summed E-state index contributed by atoms with van der Waals surface area (Å²) in [5.41, 5.74) is 7.48. The SMILES string of the molecule is COc1cc(C)cc2c1C(C1CCN(C(=O)Cc3ccncc3)CC1)c1ncccc1CC2. The number of aromatic nitrogens is 2. The first kappa shape index (κ1) is 21.6. The van der Waals surface area contributed by atoms with Crippen LogP contribution in [0.5, 0.6) is 5.75 Å². The number of aryl methyl sites for hydroxylation is 3. The van der Waals surface area contributed by atoms with E-state index in [0.29, 0.717) is 12.3 Å². The number of pyridine rings is 2. The van der Waals surface area contributed by atoms with Crippen LogP contribution in [0, 0.1) is 12.8 Å². The van der Waals surface area contributed by atoms with Gasteiger partial charge in [-0.3, -0.25) is 14.8 Å². The summed E-state index contributed by atoms with van der Waals surface area (Å²) >= 11 is 0. The van der Waals surface area contributed by atoms with Gasteiger partial charge in [-0.25, -0.2) is 0 Å². The third-order valence-corrected chi connectivity index (χ3v) is 7.26. The van der Waals surface area contributed by atoms with Crippen molar-refractivity contribution in [2.45, 2.75) is 44.9 Å². The Balaban J connectivity index is 1.42. The number of hydrogen-bond donors (Lipinski definition) is 0. The van der Waals surface area contributed by atoms with Gasteiger partial charge in [0.25, 0.3) is 0 Å². The maximum Gasteiger partial charge on any atom is 0.226 e. The van der Waals surface area contributed by atoms with Gasteiger partial charge in [-0.2, -0.15) is 0 Å². The molecule has 1 fully saturated rings. The summed E-state index contributed by atoms with van der Waals surface area (Å²) in [6.07, 6.45) is 9.81. The monoisotopic (exact) mass is 441 g/mol. The Hall–Kier alpha value is -3.21. The van der Waals surface area contributed by atoms with Crippen LogP contribution in [0.3, 0.4) is 0 Å². The number of carbonyl (C=O) groups excluding carboxylic acids is 1. The molecule has 3 aromatic rings. The fraction of sp³-hybridized carbons (Fsp3) is 0.393. The molecule has 1 aliphatic heterocycles. The Bertz CT molecular complexity index is 1140. The average molecular weight is 442 g/mol. The minimum absolute atomic E-state index is 0.201. The van der Waals surface area contributed by atoms with Crippen LogP contribution in [0.1, 0.15) is 52.3 Å². The molecule has 0 spiro atoms. The number of ether oxygens (including phenoxy) is 1. The predicted octanol–water partition coefficient (Wildman–Crippen LogP) is 4.51. The van der Waals surface area contributed by atoms with E-state index in [1.165, 1.54) is 27.9 Å². The van der Waals surface area contributed by atoms with E-state index in [1.807, 2.05) is 23.2 Å². The summed E-state index contributed by atoms with van der Waals surface area (Å²) in [5.74, 6) is 1.81. The maximum atomic E-state index is 12.9. The van der Waals surface area contributed by atoms with E-state index in [1.54, 1.807) is 19.5 Å². The Morgan fingerprint density at radius 3 is 2.58 bits per heavy atom. The first-order valence-electron chi connectivity index (χ1n) is 11.9. The van der Waals surface area contributed by atoms with Gasteiger partial charge in [0, 0.05) is 43.2 Å². The van der Waals surface area contributed by atoms with Gasteiger partial charge in [-0.15, -0.1) is 0 Å². The fourth-order valence-corrected chi connectivity index (χ4v) is 5.64. The molecule has 5 nitrogen and oxygen atoms in total. The van der Waals surface area contributed by atoms with Crippen molar-refractivity contribution in [3.05, 3.63) is 88.5 Å². The zero-order valence-corrected chi connectivity index (χ0v) is 19.5. The molecular weight excluding hydrogens is 410 g/mol. The molecular formula is C28H31N3O2. The molecule has 1 amide bonds. The molecule has 170 valence electrons. The lowest BCUT2D eigenvalue weighted by Gasteiger charge is -2.37. The molecule has 5 heteroatoms. The van der Waals surface area contributed by atoms with Crippen LogP contribution in [0.15, 0.2) is 55.0 Å². The van der Waals surface area contributed by atoms with Crippen molar-refractivity contribution < 1.29 is 9.53 Å². The summed E-state index contributed by atoms with van der Waals surface area (Å²) in [6, 6.07) is 12.6. The van der Waals surface area contributed by atoms with Gasteiger partial charge in [0.15, 0.2) is 0 Å². The van der Waals surface area contributed by atoms with E-state index in [9.17, 15) is 4.79 Å². The van der Waals surface area contributed by atoms with Crippen LogP contribution >= 0.6 is 0 Å². The minimum atomic E-state index is 0.201. The molecule has 1 atom stereocenters. The first-order valence-corrected chi connectivity index (χ1v) is 11.9. The number of piperidine rings is 1. The first-order chi connectivity index (χ1) is 16.1. The van der Waals surface area contributed by atoms with Crippen LogP contribution in [0.2, 0.25) is 0 Å². The zero-order valence-electron chi connectivity index (χ0n) is 19.5. The van der Waals surface area contributed by atoms with Crippen LogP contribution < -0.4 is 4.74 Å². The Kier molecular flexibility index (Phi) is 6.12. The Morgan fingerprint density at radius 1 is 1.06 bits per heavy atom. The molecule has 1 saturated heterocycles. The molecule has 5 rings (SSSR count). The van der Waals surface area contributed by atoms with E-state index in [0.717, 1.165) is 50.1 Å². The lowest BCUT2D eigenvalue weighted by molar-refractivity contribution is -0.131. The Morgan fingerprint density at radius 2 is 1.82 bits per heavy atom. The summed E-state index contributed by atoms with van der Waals surface area (Å²) in [7, 11) is 1.77. The zero-order chi connectivity index (χ0) is 22.8. The fourth-order valence-electron chi connectivity index (χ4n) is 5.64. The van der Waals surface area contributed by atoms with Crippen molar-refractivity contribution in [3.8, 4) is 5.75 Å². The van der Waals surface area contributed by atoms with Crippen molar-refractivity contribution in [3.63, 3.8) is 0 Å². The molecule has 0 N–H and O–H groups in total.